The van der Waals surface area contributed by atoms with Crippen molar-refractivity contribution in [1.82, 2.24) is 10.2 Å². The van der Waals surface area contributed by atoms with Crippen molar-refractivity contribution in [1.29, 1.82) is 0 Å². The van der Waals surface area contributed by atoms with Crippen LogP contribution in [-0.4, -0.2) is 39.5 Å². The molecule has 0 aliphatic carbocycles. The Morgan fingerprint density at radius 2 is 1.86 bits per heavy atom. The summed E-state index contributed by atoms with van der Waals surface area (Å²) in [6, 6.07) is 7.22. The number of sulfonamides is 1. The van der Waals surface area contributed by atoms with Crippen LogP contribution in [0.25, 0.3) is 0 Å². The smallest absolute Gasteiger partial charge is 0.238 e. The summed E-state index contributed by atoms with van der Waals surface area (Å²) in [5, 5.41) is 8.63. The Kier molecular flexibility index (Phi) is 5.37. The number of primary sulfonamides is 1. The van der Waals surface area contributed by atoms with E-state index in [1.165, 1.54) is 25.9 Å². The number of hydrogen-bond acceptors (Lipinski definition) is 4. The van der Waals surface area contributed by atoms with E-state index >= 15 is 0 Å². The van der Waals surface area contributed by atoms with Crippen LogP contribution < -0.4 is 10.5 Å². The molecule has 0 amide bonds. The molecule has 0 bridgehead atoms. The molecule has 118 valence electrons. The van der Waals surface area contributed by atoms with Gasteiger partial charge in [-0.05, 0) is 63.5 Å². The average Bonchev–Trinajstić information content (AvgIpc) is 2.45. The fourth-order valence-corrected chi connectivity index (χ4v) is 3.29. The highest BCUT2D eigenvalue weighted by Crippen LogP contribution is 2.20. The van der Waals surface area contributed by atoms with Crippen LogP contribution in [0.5, 0.6) is 0 Å². The van der Waals surface area contributed by atoms with Crippen LogP contribution in [0.4, 0.5) is 0 Å². The van der Waals surface area contributed by atoms with Crippen molar-refractivity contribution in [3.05, 3.63) is 29.8 Å². The molecule has 2 rings (SSSR count). The molecule has 1 heterocycles. The number of nitrogens with two attached hydrogens (primary N) is 1. The third kappa shape index (κ3) is 4.78. The van der Waals surface area contributed by atoms with Gasteiger partial charge < -0.3 is 10.2 Å². The third-order valence-corrected chi connectivity index (χ3v) is 5.28. The molecule has 0 aromatic heterocycles. The van der Waals surface area contributed by atoms with Gasteiger partial charge in [-0.1, -0.05) is 12.1 Å². The summed E-state index contributed by atoms with van der Waals surface area (Å²) in [6.45, 7) is 5.31. The van der Waals surface area contributed by atoms with Gasteiger partial charge in [0.15, 0.2) is 0 Å². The Balaban J connectivity index is 1.85. The van der Waals surface area contributed by atoms with Gasteiger partial charge in [-0.25, -0.2) is 13.6 Å². The van der Waals surface area contributed by atoms with Crippen molar-refractivity contribution >= 4 is 10.0 Å². The van der Waals surface area contributed by atoms with Crippen molar-refractivity contribution in [3.63, 3.8) is 0 Å². The van der Waals surface area contributed by atoms with Gasteiger partial charge in [0.2, 0.25) is 10.0 Å². The lowest BCUT2D eigenvalue weighted by Gasteiger charge is -2.33. The van der Waals surface area contributed by atoms with E-state index in [0.29, 0.717) is 12.0 Å². The van der Waals surface area contributed by atoms with Gasteiger partial charge in [0.1, 0.15) is 0 Å². The average molecular weight is 311 g/mol. The molecule has 1 unspecified atom stereocenters. The summed E-state index contributed by atoms with van der Waals surface area (Å²) in [4.78, 5) is 2.53. The maximum Gasteiger partial charge on any atom is 0.238 e. The second-order valence-electron chi connectivity index (χ2n) is 6.00. The number of nitrogens with one attached hydrogen (secondary N) is 1. The predicted molar refractivity (Wildman–Crippen MR) is 84.3 cm³/mol. The molecule has 21 heavy (non-hydrogen) atoms. The van der Waals surface area contributed by atoms with Crippen molar-refractivity contribution in [2.75, 3.05) is 20.1 Å². The van der Waals surface area contributed by atoms with Crippen LogP contribution in [-0.2, 0) is 16.6 Å². The highest BCUT2D eigenvalue weighted by Gasteiger charge is 2.21. The summed E-state index contributed by atoms with van der Waals surface area (Å²) in [5.41, 5.74) is 1.07. The molecule has 1 aromatic rings. The highest BCUT2D eigenvalue weighted by molar-refractivity contribution is 7.89. The number of benzene rings is 1. The van der Waals surface area contributed by atoms with E-state index in [2.05, 4.69) is 24.2 Å². The second kappa shape index (κ2) is 6.87. The van der Waals surface area contributed by atoms with Gasteiger partial charge in [0, 0.05) is 12.6 Å². The Morgan fingerprint density at radius 3 is 2.38 bits per heavy atom. The monoisotopic (exact) mass is 311 g/mol. The first kappa shape index (κ1) is 16.4. The van der Waals surface area contributed by atoms with Crippen molar-refractivity contribution in [2.45, 2.75) is 37.2 Å². The molecule has 1 aromatic carbocycles. The third-order valence-electron chi connectivity index (χ3n) is 4.35. The van der Waals surface area contributed by atoms with Crippen LogP contribution in [0.15, 0.2) is 29.2 Å². The molecule has 6 heteroatoms. The number of piperidine rings is 1. The minimum absolute atomic E-state index is 0.162. The largest absolute Gasteiger partial charge is 0.310 e. The Morgan fingerprint density at radius 1 is 1.29 bits per heavy atom. The van der Waals surface area contributed by atoms with Gasteiger partial charge in [0.05, 0.1) is 4.90 Å². The van der Waals surface area contributed by atoms with Crippen LogP contribution in [0, 0.1) is 5.92 Å². The molecule has 5 nitrogen and oxygen atoms in total. The van der Waals surface area contributed by atoms with Gasteiger partial charge in [-0.2, -0.15) is 0 Å². The Hall–Kier alpha value is -0.950. The van der Waals surface area contributed by atoms with Gasteiger partial charge in [-0.15, -0.1) is 0 Å². The maximum absolute atomic E-state index is 11.2. The lowest BCUT2D eigenvalue weighted by Crippen LogP contribution is -2.40. The summed E-state index contributed by atoms with van der Waals surface area (Å²) >= 11 is 0. The summed E-state index contributed by atoms with van der Waals surface area (Å²) < 4.78 is 22.4. The zero-order chi connectivity index (χ0) is 15.5. The number of nitrogens with zero attached hydrogens (tertiary/aromatic N) is 1. The van der Waals surface area contributed by atoms with E-state index < -0.39 is 10.0 Å². The van der Waals surface area contributed by atoms with Gasteiger partial charge >= 0.3 is 0 Å². The molecule has 0 radical (unpaired) electrons. The van der Waals surface area contributed by atoms with Crippen LogP contribution in [0.1, 0.15) is 25.3 Å². The van der Waals surface area contributed by atoms with E-state index in [0.717, 1.165) is 12.1 Å². The molecule has 1 aliphatic heterocycles. The zero-order valence-electron chi connectivity index (χ0n) is 12.7. The Labute approximate surface area is 127 Å². The van der Waals surface area contributed by atoms with E-state index in [1.807, 2.05) is 12.1 Å². The molecular formula is C15H25N3O2S. The quantitative estimate of drug-likeness (QED) is 0.855. The second-order valence-corrected chi connectivity index (χ2v) is 7.56. The SMILES string of the molecule is CC(NCc1ccc(S(N)(=O)=O)cc1)C1CCN(C)CC1. The molecule has 1 saturated heterocycles. The number of rotatable bonds is 5. The normalized spacial score (nSPS) is 19.6. The summed E-state index contributed by atoms with van der Waals surface area (Å²) in [6.07, 6.45) is 2.46. The van der Waals surface area contributed by atoms with E-state index in [4.69, 9.17) is 5.14 Å². The minimum Gasteiger partial charge on any atom is -0.310 e. The zero-order valence-corrected chi connectivity index (χ0v) is 13.6. The fourth-order valence-electron chi connectivity index (χ4n) is 2.77. The standard InChI is InChI=1S/C15H25N3O2S/c1-12(14-7-9-18(2)10-8-14)17-11-13-3-5-15(6-4-13)21(16,19)20/h3-6,12,14,17H,7-11H2,1-2H3,(H2,16,19,20). The first-order valence-electron chi connectivity index (χ1n) is 7.40. The van der Waals surface area contributed by atoms with Crippen LogP contribution in [0.3, 0.4) is 0 Å². The number of likely N-dealkylation sites (tertiary alicyclic amines) is 1. The van der Waals surface area contributed by atoms with E-state index in [-0.39, 0.29) is 4.90 Å². The number of hydrogen-bond donors (Lipinski definition) is 2. The van der Waals surface area contributed by atoms with Gasteiger partial charge in [-0.3, -0.25) is 0 Å². The van der Waals surface area contributed by atoms with Crippen molar-refractivity contribution in [3.8, 4) is 0 Å². The first-order valence-corrected chi connectivity index (χ1v) is 8.94. The molecular weight excluding hydrogens is 286 g/mol. The minimum atomic E-state index is -3.60. The molecule has 0 spiro atoms. The molecule has 1 fully saturated rings. The summed E-state index contributed by atoms with van der Waals surface area (Å²) in [7, 11) is -1.43. The fraction of sp³-hybridized carbons (Fsp3) is 0.600. The van der Waals surface area contributed by atoms with Gasteiger partial charge in [0.25, 0.3) is 0 Å². The first-order chi connectivity index (χ1) is 9.86. The van der Waals surface area contributed by atoms with E-state index in [9.17, 15) is 8.42 Å². The van der Waals surface area contributed by atoms with Crippen LogP contribution >= 0.6 is 0 Å². The molecule has 3 N–H and O–H groups in total. The maximum atomic E-state index is 11.2. The summed E-state index contributed by atoms with van der Waals surface area (Å²) in [5.74, 6) is 0.713. The van der Waals surface area contributed by atoms with Crippen molar-refractivity contribution in [2.24, 2.45) is 11.1 Å². The predicted octanol–water partition coefficient (Wildman–Crippen LogP) is 1.15. The lowest BCUT2D eigenvalue weighted by molar-refractivity contribution is 0.189. The Bertz CT molecular complexity index is 549. The molecule has 1 atom stereocenters. The highest BCUT2D eigenvalue weighted by atomic mass is 32.2. The molecule has 1 aliphatic rings. The lowest BCUT2D eigenvalue weighted by atomic mass is 9.90. The van der Waals surface area contributed by atoms with Crippen molar-refractivity contribution < 1.29 is 8.42 Å². The topological polar surface area (TPSA) is 75.4 Å². The van der Waals surface area contributed by atoms with E-state index in [1.54, 1.807) is 12.1 Å². The van der Waals surface area contributed by atoms with Crippen LogP contribution in [0.2, 0.25) is 0 Å². The molecule has 0 saturated carbocycles.